The fraction of sp³-hybridized carbons (Fsp3) is 0.348. The zero-order valence-electron chi connectivity index (χ0n) is 16.9. The monoisotopic (exact) mass is 379 g/mol. The van der Waals surface area contributed by atoms with E-state index < -0.39 is 0 Å². The molecule has 5 nitrogen and oxygen atoms in total. The van der Waals surface area contributed by atoms with Crippen molar-refractivity contribution in [2.24, 2.45) is 0 Å². The van der Waals surface area contributed by atoms with Gasteiger partial charge in [-0.2, -0.15) is 0 Å². The summed E-state index contributed by atoms with van der Waals surface area (Å²) in [7, 11) is 1.64. The summed E-state index contributed by atoms with van der Waals surface area (Å²) in [5, 5.41) is 2.94. The van der Waals surface area contributed by atoms with Gasteiger partial charge in [0, 0.05) is 43.6 Å². The predicted octanol–water partition coefficient (Wildman–Crippen LogP) is 3.80. The molecule has 28 heavy (non-hydrogen) atoms. The van der Waals surface area contributed by atoms with Crippen LogP contribution in [0, 0.1) is 6.92 Å². The maximum atomic E-state index is 12.2. The van der Waals surface area contributed by atoms with Crippen LogP contribution in [0.4, 0.5) is 11.4 Å². The smallest absolute Gasteiger partial charge is 0.248 e. The standard InChI is InChI=1S/C23H29N3O2/c1-4-25-13-15-26(16-14-25)22-11-8-20(17-18(22)2)24-23(27)12-7-19-5-9-21(28-3)10-6-19/h5-12,17H,4,13-16H2,1-3H3,(H,24,27)/b12-7+. The second-order valence-corrected chi connectivity index (χ2v) is 7.02. The molecular formula is C23H29N3O2. The third-order valence-electron chi connectivity index (χ3n) is 5.17. The van der Waals surface area contributed by atoms with Gasteiger partial charge in [-0.3, -0.25) is 4.79 Å². The van der Waals surface area contributed by atoms with E-state index in [4.69, 9.17) is 4.74 Å². The van der Waals surface area contributed by atoms with Gasteiger partial charge < -0.3 is 19.9 Å². The summed E-state index contributed by atoms with van der Waals surface area (Å²) in [6.07, 6.45) is 3.35. The predicted molar refractivity (Wildman–Crippen MR) is 116 cm³/mol. The average Bonchev–Trinajstić information content (AvgIpc) is 2.73. The zero-order valence-corrected chi connectivity index (χ0v) is 16.9. The van der Waals surface area contributed by atoms with Crippen LogP contribution < -0.4 is 15.0 Å². The van der Waals surface area contributed by atoms with E-state index in [0.29, 0.717) is 0 Å². The minimum Gasteiger partial charge on any atom is -0.497 e. The third-order valence-corrected chi connectivity index (χ3v) is 5.17. The maximum Gasteiger partial charge on any atom is 0.248 e. The Kier molecular flexibility index (Phi) is 6.71. The lowest BCUT2D eigenvalue weighted by molar-refractivity contribution is -0.111. The van der Waals surface area contributed by atoms with Crippen molar-refractivity contribution >= 4 is 23.4 Å². The molecule has 0 bridgehead atoms. The second-order valence-electron chi connectivity index (χ2n) is 7.02. The molecule has 1 aliphatic rings. The summed E-state index contributed by atoms with van der Waals surface area (Å²) < 4.78 is 5.14. The van der Waals surface area contributed by atoms with E-state index in [1.54, 1.807) is 19.3 Å². The van der Waals surface area contributed by atoms with Gasteiger partial charge in [0.25, 0.3) is 0 Å². The van der Waals surface area contributed by atoms with Gasteiger partial charge >= 0.3 is 0 Å². The van der Waals surface area contributed by atoms with Crippen LogP contribution in [-0.4, -0.2) is 50.6 Å². The van der Waals surface area contributed by atoms with Crippen molar-refractivity contribution < 1.29 is 9.53 Å². The molecule has 5 heteroatoms. The molecular weight excluding hydrogens is 350 g/mol. The number of aryl methyl sites for hydroxylation is 1. The molecule has 2 aromatic rings. The molecule has 0 aliphatic carbocycles. The number of benzene rings is 2. The molecule has 3 rings (SSSR count). The van der Waals surface area contributed by atoms with Gasteiger partial charge in [0.2, 0.25) is 5.91 Å². The van der Waals surface area contributed by atoms with Crippen molar-refractivity contribution in [2.75, 3.05) is 50.1 Å². The Morgan fingerprint density at radius 1 is 1.11 bits per heavy atom. The fourth-order valence-electron chi connectivity index (χ4n) is 3.46. The molecule has 1 N–H and O–H groups in total. The van der Waals surface area contributed by atoms with Crippen LogP contribution in [-0.2, 0) is 4.79 Å². The molecule has 0 atom stereocenters. The Balaban J connectivity index is 1.59. The van der Waals surface area contributed by atoms with Crippen LogP contribution in [0.3, 0.4) is 0 Å². The topological polar surface area (TPSA) is 44.8 Å². The molecule has 1 aliphatic heterocycles. The molecule has 1 amide bonds. The molecule has 2 aromatic carbocycles. The molecule has 0 spiro atoms. The van der Waals surface area contributed by atoms with Crippen LogP contribution in [0.15, 0.2) is 48.5 Å². The van der Waals surface area contributed by atoms with Crippen LogP contribution in [0.2, 0.25) is 0 Å². The van der Waals surface area contributed by atoms with Crippen molar-refractivity contribution in [1.29, 1.82) is 0 Å². The number of carbonyl (C=O) groups excluding carboxylic acids is 1. The number of piperazine rings is 1. The summed E-state index contributed by atoms with van der Waals surface area (Å²) >= 11 is 0. The number of nitrogens with one attached hydrogen (secondary N) is 1. The Morgan fingerprint density at radius 2 is 1.82 bits per heavy atom. The van der Waals surface area contributed by atoms with E-state index in [2.05, 4.69) is 35.0 Å². The SMILES string of the molecule is CCN1CCN(c2ccc(NC(=O)/C=C/c3ccc(OC)cc3)cc2C)CC1. The van der Waals surface area contributed by atoms with Gasteiger partial charge in [0.1, 0.15) is 5.75 Å². The Labute approximate surface area is 167 Å². The van der Waals surface area contributed by atoms with Crippen LogP contribution >= 0.6 is 0 Å². The number of hydrogen-bond donors (Lipinski definition) is 1. The van der Waals surface area contributed by atoms with Gasteiger partial charge in [0.15, 0.2) is 0 Å². The first-order valence-corrected chi connectivity index (χ1v) is 9.80. The number of carbonyl (C=O) groups is 1. The van der Waals surface area contributed by atoms with Gasteiger partial charge in [0.05, 0.1) is 7.11 Å². The lowest BCUT2D eigenvalue weighted by Crippen LogP contribution is -2.46. The van der Waals surface area contributed by atoms with E-state index in [9.17, 15) is 4.79 Å². The Morgan fingerprint density at radius 3 is 2.43 bits per heavy atom. The van der Waals surface area contributed by atoms with Crippen LogP contribution in [0.5, 0.6) is 5.75 Å². The van der Waals surface area contributed by atoms with Gasteiger partial charge in [-0.25, -0.2) is 0 Å². The molecule has 0 radical (unpaired) electrons. The third kappa shape index (κ3) is 5.14. The quantitative estimate of drug-likeness (QED) is 0.776. The lowest BCUT2D eigenvalue weighted by Gasteiger charge is -2.36. The summed E-state index contributed by atoms with van der Waals surface area (Å²) in [5.41, 5.74) is 4.20. The van der Waals surface area contributed by atoms with Crippen LogP contribution in [0.1, 0.15) is 18.1 Å². The van der Waals surface area contributed by atoms with Crippen molar-refractivity contribution in [2.45, 2.75) is 13.8 Å². The second kappa shape index (κ2) is 9.42. The number of hydrogen-bond acceptors (Lipinski definition) is 4. The van der Waals surface area contributed by atoms with E-state index in [1.807, 2.05) is 36.4 Å². The minimum absolute atomic E-state index is 0.139. The summed E-state index contributed by atoms with van der Waals surface area (Å²) in [4.78, 5) is 17.1. The molecule has 1 heterocycles. The first-order chi connectivity index (χ1) is 13.6. The summed E-state index contributed by atoms with van der Waals surface area (Å²) in [6, 6.07) is 13.7. The minimum atomic E-state index is -0.139. The van der Waals surface area contributed by atoms with Gasteiger partial charge in [-0.05, 0) is 61.0 Å². The van der Waals surface area contributed by atoms with E-state index in [-0.39, 0.29) is 5.91 Å². The lowest BCUT2D eigenvalue weighted by atomic mass is 10.1. The Bertz CT molecular complexity index is 822. The summed E-state index contributed by atoms with van der Waals surface area (Å²) in [6.45, 7) is 9.72. The van der Waals surface area contributed by atoms with E-state index in [0.717, 1.165) is 49.7 Å². The highest BCUT2D eigenvalue weighted by Gasteiger charge is 2.17. The normalized spacial score (nSPS) is 15.0. The average molecular weight is 380 g/mol. The summed E-state index contributed by atoms with van der Waals surface area (Å²) in [5.74, 6) is 0.660. The van der Waals surface area contributed by atoms with Crippen molar-refractivity contribution in [3.8, 4) is 5.75 Å². The van der Waals surface area contributed by atoms with Gasteiger partial charge in [-0.15, -0.1) is 0 Å². The fourth-order valence-corrected chi connectivity index (χ4v) is 3.46. The zero-order chi connectivity index (χ0) is 19.9. The number of methoxy groups -OCH3 is 1. The number of nitrogens with zero attached hydrogens (tertiary/aromatic N) is 2. The molecule has 1 fully saturated rings. The number of likely N-dealkylation sites (N-methyl/N-ethyl adjacent to an activating group) is 1. The number of anilines is 2. The molecule has 0 saturated carbocycles. The largest absolute Gasteiger partial charge is 0.497 e. The molecule has 0 unspecified atom stereocenters. The number of amides is 1. The highest BCUT2D eigenvalue weighted by atomic mass is 16.5. The Hall–Kier alpha value is -2.79. The van der Waals surface area contributed by atoms with Crippen molar-refractivity contribution in [3.63, 3.8) is 0 Å². The molecule has 148 valence electrons. The number of rotatable bonds is 6. The first kappa shape index (κ1) is 20.0. The van der Waals surface area contributed by atoms with Crippen molar-refractivity contribution in [1.82, 2.24) is 4.90 Å². The molecule has 1 saturated heterocycles. The van der Waals surface area contributed by atoms with E-state index in [1.165, 1.54) is 11.3 Å². The van der Waals surface area contributed by atoms with Crippen LogP contribution in [0.25, 0.3) is 6.08 Å². The van der Waals surface area contributed by atoms with E-state index >= 15 is 0 Å². The number of ether oxygens (including phenoxy) is 1. The van der Waals surface area contributed by atoms with Gasteiger partial charge in [-0.1, -0.05) is 19.1 Å². The highest BCUT2D eigenvalue weighted by molar-refractivity contribution is 6.02. The maximum absolute atomic E-state index is 12.2. The molecule has 0 aromatic heterocycles. The highest BCUT2D eigenvalue weighted by Crippen LogP contribution is 2.25. The van der Waals surface area contributed by atoms with Crippen molar-refractivity contribution in [3.05, 3.63) is 59.7 Å². The first-order valence-electron chi connectivity index (χ1n) is 9.80.